The summed E-state index contributed by atoms with van der Waals surface area (Å²) in [6.45, 7) is 5.72. The summed E-state index contributed by atoms with van der Waals surface area (Å²) < 4.78 is 0. The van der Waals surface area contributed by atoms with Crippen LogP contribution >= 0.6 is 11.8 Å². The topological polar surface area (TPSA) is 66.4 Å². The van der Waals surface area contributed by atoms with Gasteiger partial charge < -0.3 is 10.4 Å². The van der Waals surface area contributed by atoms with Gasteiger partial charge in [-0.3, -0.25) is 4.79 Å². The van der Waals surface area contributed by atoms with E-state index in [9.17, 15) is 9.59 Å². The number of thioether (sulfide) groups is 1. The zero-order valence-corrected chi connectivity index (χ0v) is 15.7. The van der Waals surface area contributed by atoms with Crippen LogP contribution in [0.4, 0.5) is 0 Å². The Morgan fingerprint density at radius 1 is 1.09 bits per heavy atom. The zero-order valence-electron chi connectivity index (χ0n) is 14.9. The minimum absolute atomic E-state index is 0.302. The van der Waals surface area contributed by atoms with E-state index in [1.165, 1.54) is 57.4 Å². The molecule has 23 heavy (non-hydrogen) atoms. The number of hydrogen-bond acceptors (Lipinski definition) is 3. The van der Waals surface area contributed by atoms with Gasteiger partial charge in [0.25, 0.3) is 0 Å². The summed E-state index contributed by atoms with van der Waals surface area (Å²) in [5.41, 5.74) is 1.37. The van der Waals surface area contributed by atoms with Crippen LogP contribution in [0, 0.1) is 0 Å². The van der Waals surface area contributed by atoms with Crippen LogP contribution in [0.3, 0.4) is 0 Å². The van der Waals surface area contributed by atoms with E-state index < -0.39 is 12.0 Å². The molecule has 134 valence electrons. The van der Waals surface area contributed by atoms with Crippen molar-refractivity contribution in [2.24, 2.45) is 0 Å². The number of carbonyl (C=O) groups excluding carboxylic acids is 1. The van der Waals surface area contributed by atoms with Crippen molar-refractivity contribution in [2.45, 2.75) is 78.2 Å². The molecular weight excluding hydrogens is 310 g/mol. The van der Waals surface area contributed by atoms with Crippen molar-refractivity contribution < 1.29 is 14.7 Å². The van der Waals surface area contributed by atoms with Gasteiger partial charge in [0.2, 0.25) is 5.91 Å². The quantitative estimate of drug-likeness (QED) is 0.362. The summed E-state index contributed by atoms with van der Waals surface area (Å²) in [5.74, 6) is -0.0814. The van der Waals surface area contributed by atoms with E-state index >= 15 is 0 Å². The Morgan fingerprint density at radius 2 is 1.70 bits per heavy atom. The van der Waals surface area contributed by atoms with Gasteiger partial charge in [-0.2, -0.15) is 11.8 Å². The molecule has 1 atom stereocenters. The number of amides is 1. The summed E-state index contributed by atoms with van der Waals surface area (Å²) >= 11 is 1.54. The smallest absolute Gasteiger partial charge is 0.327 e. The minimum atomic E-state index is -0.975. The van der Waals surface area contributed by atoms with E-state index in [4.69, 9.17) is 5.11 Å². The Hall–Kier alpha value is -0.970. The van der Waals surface area contributed by atoms with Gasteiger partial charge in [0, 0.05) is 18.4 Å². The molecule has 4 nitrogen and oxygen atoms in total. The Bertz CT molecular complexity index is 369. The average Bonchev–Trinajstić information content (AvgIpc) is 2.48. The van der Waals surface area contributed by atoms with Gasteiger partial charge in [-0.25, -0.2) is 4.79 Å². The highest BCUT2D eigenvalue weighted by Gasteiger charge is 2.17. The third kappa shape index (κ3) is 14.4. The predicted octanol–water partition coefficient (Wildman–Crippen LogP) is 4.40. The molecule has 0 aromatic heterocycles. The van der Waals surface area contributed by atoms with E-state index in [2.05, 4.69) is 25.2 Å². The highest BCUT2D eigenvalue weighted by atomic mass is 32.2. The largest absolute Gasteiger partial charge is 0.480 e. The fourth-order valence-corrected chi connectivity index (χ4v) is 3.27. The number of rotatable bonds is 14. The Morgan fingerprint density at radius 3 is 2.26 bits per heavy atom. The molecule has 0 fully saturated rings. The van der Waals surface area contributed by atoms with Crippen LogP contribution in [0.15, 0.2) is 11.6 Å². The van der Waals surface area contributed by atoms with Crippen LogP contribution in [0.2, 0.25) is 0 Å². The lowest BCUT2D eigenvalue weighted by atomic mass is 10.1. The summed E-state index contributed by atoms with van der Waals surface area (Å²) in [5, 5.41) is 11.5. The molecule has 0 aliphatic carbocycles. The number of hydrogen-bond donors (Lipinski definition) is 2. The van der Waals surface area contributed by atoms with Gasteiger partial charge in [-0.15, -0.1) is 0 Å². The second kappa shape index (κ2) is 14.6. The molecule has 0 saturated heterocycles. The van der Waals surface area contributed by atoms with Crippen molar-refractivity contribution in [1.29, 1.82) is 0 Å². The fraction of sp³-hybridized carbons (Fsp3) is 0.778. The van der Waals surface area contributed by atoms with E-state index in [-0.39, 0.29) is 5.91 Å². The molecule has 0 saturated carbocycles. The number of carboxylic acid groups (broad SMARTS) is 1. The molecule has 0 aliphatic rings. The van der Waals surface area contributed by atoms with E-state index in [1.54, 1.807) is 11.8 Å². The monoisotopic (exact) mass is 343 g/mol. The summed E-state index contributed by atoms with van der Waals surface area (Å²) in [4.78, 5) is 21.9. The third-order valence-electron chi connectivity index (χ3n) is 3.68. The van der Waals surface area contributed by atoms with Crippen LogP contribution in [0.25, 0.3) is 0 Å². The van der Waals surface area contributed by atoms with Crippen molar-refractivity contribution in [2.75, 3.05) is 11.5 Å². The molecule has 1 amide bonds. The fourth-order valence-electron chi connectivity index (χ4n) is 2.27. The van der Waals surface area contributed by atoms with Crippen molar-refractivity contribution in [3.05, 3.63) is 11.6 Å². The second-order valence-corrected chi connectivity index (χ2v) is 7.13. The molecular formula is C18H33NO3S. The maximum atomic E-state index is 11.0. The maximum Gasteiger partial charge on any atom is 0.327 e. The number of aliphatic carboxylic acids is 1. The molecule has 2 N–H and O–H groups in total. The lowest BCUT2D eigenvalue weighted by Crippen LogP contribution is -2.41. The number of carbonyl (C=O) groups is 2. The van der Waals surface area contributed by atoms with Crippen molar-refractivity contribution in [3.8, 4) is 0 Å². The summed E-state index contributed by atoms with van der Waals surface area (Å²) in [6.07, 6.45) is 12.5. The first-order valence-corrected chi connectivity index (χ1v) is 9.86. The van der Waals surface area contributed by atoms with Crippen molar-refractivity contribution >= 4 is 23.6 Å². The Balaban J connectivity index is 3.72. The highest BCUT2D eigenvalue weighted by molar-refractivity contribution is 7.99. The van der Waals surface area contributed by atoms with Gasteiger partial charge in [0.15, 0.2) is 0 Å². The summed E-state index contributed by atoms with van der Waals surface area (Å²) in [7, 11) is 0. The van der Waals surface area contributed by atoms with Crippen LogP contribution in [0.1, 0.15) is 72.1 Å². The number of allylic oxidation sites excluding steroid dienone is 1. The predicted molar refractivity (Wildman–Crippen MR) is 98.9 cm³/mol. The third-order valence-corrected chi connectivity index (χ3v) is 4.66. The van der Waals surface area contributed by atoms with Crippen LogP contribution < -0.4 is 5.32 Å². The first kappa shape index (κ1) is 22.0. The molecule has 0 spiro atoms. The van der Waals surface area contributed by atoms with Crippen LogP contribution in [0.5, 0.6) is 0 Å². The zero-order chi connectivity index (χ0) is 17.5. The Labute approximate surface area is 145 Å². The van der Waals surface area contributed by atoms with E-state index in [0.717, 1.165) is 12.2 Å². The molecule has 0 aromatic carbocycles. The number of unbranched alkanes of at least 4 members (excludes halogenated alkanes) is 6. The van der Waals surface area contributed by atoms with Gasteiger partial charge in [0.1, 0.15) is 6.04 Å². The molecule has 0 rings (SSSR count). The molecule has 0 heterocycles. The first-order valence-electron chi connectivity index (χ1n) is 8.70. The normalized spacial score (nSPS) is 12.9. The standard InChI is InChI=1S/C18H33NO3S/c1-4-5-6-7-8-9-10-11-15(2)12-13-23-14-17(18(21)22)19-16(3)20/h12,17H,4-11,13-14H2,1-3H3,(H,19,20)(H,21,22)/t17-/m0/s1. The second-order valence-electron chi connectivity index (χ2n) is 6.05. The van der Waals surface area contributed by atoms with Crippen molar-refractivity contribution in [1.82, 2.24) is 5.32 Å². The van der Waals surface area contributed by atoms with Crippen LogP contribution in [-0.2, 0) is 9.59 Å². The molecule has 0 radical (unpaired) electrons. The first-order chi connectivity index (χ1) is 11.0. The average molecular weight is 344 g/mol. The highest BCUT2D eigenvalue weighted by Crippen LogP contribution is 2.13. The van der Waals surface area contributed by atoms with E-state index in [1.807, 2.05) is 0 Å². The van der Waals surface area contributed by atoms with Gasteiger partial charge in [-0.05, 0) is 19.8 Å². The lowest BCUT2D eigenvalue weighted by molar-refractivity contribution is -0.140. The van der Waals surface area contributed by atoms with Gasteiger partial charge >= 0.3 is 5.97 Å². The van der Waals surface area contributed by atoms with Crippen molar-refractivity contribution in [3.63, 3.8) is 0 Å². The number of carboxylic acids is 1. The molecule has 0 bridgehead atoms. The Kier molecular flexibility index (Phi) is 14.0. The van der Waals surface area contributed by atoms with E-state index in [0.29, 0.717) is 5.75 Å². The molecule has 5 heteroatoms. The van der Waals surface area contributed by atoms with Gasteiger partial charge in [0.05, 0.1) is 0 Å². The molecule has 0 unspecified atom stereocenters. The molecule has 0 aromatic rings. The maximum absolute atomic E-state index is 11.0. The number of nitrogens with one attached hydrogen (secondary N) is 1. The van der Waals surface area contributed by atoms with Crippen LogP contribution in [-0.4, -0.2) is 34.5 Å². The molecule has 0 aliphatic heterocycles. The lowest BCUT2D eigenvalue weighted by Gasteiger charge is -2.12. The SMILES string of the molecule is CCCCCCCCCC(C)=CCSC[C@H](NC(C)=O)C(=O)O. The summed E-state index contributed by atoms with van der Waals surface area (Å²) in [6, 6.07) is -0.797. The van der Waals surface area contributed by atoms with Gasteiger partial charge in [-0.1, -0.05) is 57.1 Å². The minimum Gasteiger partial charge on any atom is -0.480 e.